The Morgan fingerprint density at radius 3 is 2.38 bits per heavy atom. The third-order valence-corrected chi connectivity index (χ3v) is 9.55. The van der Waals surface area contributed by atoms with E-state index in [0.29, 0.717) is 27.4 Å². The molecule has 0 atom stereocenters. The van der Waals surface area contributed by atoms with Gasteiger partial charge in [-0.3, -0.25) is 4.79 Å². The fraction of sp³-hybridized carbons (Fsp3) is 0.290. The minimum atomic E-state index is -0.438. The van der Waals surface area contributed by atoms with Crippen LogP contribution in [0.5, 0.6) is 5.75 Å². The van der Waals surface area contributed by atoms with Crippen LogP contribution in [0, 0.1) is 17.1 Å². The van der Waals surface area contributed by atoms with E-state index in [-0.39, 0.29) is 28.4 Å². The Kier molecular flexibility index (Phi) is 8.62. The molecule has 0 bridgehead atoms. The van der Waals surface area contributed by atoms with Crippen LogP contribution in [-0.4, -0.2) is 41.5 Å². The van der Waals surface area contributed by atoms with Gasteiger partial charge in [-0.2, -0.15) is 5.26 Å². The zero-order valence-electron chi connectivity index (χ0n) is 22.2. The number of fused-ring (bicyclic) bond motifs is 1. The van der Waals surface area contributed by atoms with Gasteiger partial charge >= 0.3 is 0 Å². The van der Waals surface area contributed by atoms with E-state index in [4.69, 9.17) is 33.4 Å². The van der Waals surface area contributed by atoms with Crippen molar-refractivity contribution in [2.24, 2.45) is 0 Å². The van der Waals surface area contributed by atoms with Crippen molar-refractivity contribution in [1.29, 1.82) is 5.26 Å². The van der Waals surface area contributed by atoms with E-state index < -0.39 is 5.82 Å². The van der Waals surface area contributed by atoms with Crippen LogP contribution in [0.1, 0.15) is 46.5 Å². The van der Waals surface area contributed by atoms with E-state index in [9.17, 15) is 9.18 Å². The Morgan fingerprint density at radius 1 is 1.07 bits per heavy atom. The molecule has 9 heteroatoms. The molecule has 1 heterocycles. The summed E-state index contributed by atoms with van der Waals surface area (Å²) in [7, 11) is 3.47. The van der Waals surface area contributed by atoms with Gasteiger partial charge in [0.25, 0.3) is 5.91 Å². The highest BCUT2D eigenvalue weighted by atomic mass is 35.5. The van der Waals surface area contributed by atoms with E-state index >= 15 is 0 Å². The largest absolute Gasteiger partial charge is 0.496 e. The molecule has 5 rings (SSSR count). The summed E-state index contributed by atoms with van der Waals surface area (Å²) in [5.41, 5.74) is 3.33. The molecule has 1 fully saturated rings. The molecule has 0 radical (unpaired) electrons. The molecule has 1 aromatic heterocycles. The molecule has 4 aromatic rings. The number of methoxy groups -OCH3 is 1. The summed E-state index contributed by atoms with van der Waals surface area (Å²) in [6.45, 7) is 0.297. The van der Waals surface area contributed by atoms with Gasteiger partial charge in [0, 0.05) is 41.3 Å². The SMILES string of the molecule is COc1ccc(-c2ccc(C#N)cc2)cc1CN(C(=O)c1sc2cccc(F)c2c1Cl)[C@H]1CC[C@H](N(C)Cl)CC1. The van der Waals surface area contributed by atoms with Gasteiger partial charge in [-0.25, -0.2) is 8.81 Å². The van der Waals surface area contributed by atoms with Crippen LogP contribution in [0.3, 0.4) is 0 Å². The number of nitriles is 1. The van der Waals surface area contributed by atoms with E-state index in [0.717, 1.165) is 42.4 Å². The van der Waals surface area contributed by atoms with Crippen molar-refractivity contribution in [3.05, 3.63) is 87.5 Å². The Bertz CT molecular complexity index is 1570. The number of thiophene rings is 1. The standard InChI is InChI=1S/C31H28Cl2FN3O2S/c1-36(33)23-11-13-24(14-12-23)37(31(38)30-29(32)28-25(34)4-3-5-27(28)40-30)18-22-16-21(10-15-26(22)39-2)20-8-6-19(17-35)7-9-20/h3-10,15-16,23-24H,11-14,18H2,1-2H3/t23-,24-. The highest BCUT2D eigenvalue weighted by Gasteiger charge is 2.33. The number of nitrogens with zero attached hydrogens (tertiary/aromatic N) is 3. The maximum atomic E-state index is 14.6. The second kappa shape index (κ2) is 12.2. The van der Waals surface area contributed by atoms with Gasteiger partial charge in [0.2, 0.25) is 0 Å². The Balaban J connectivity index is 1.53. The van der Waals surface area contributed by atoms with Crippen molar-refractivity contribution >= 4 is 50.7 Å². The molecule has 1 aliphatic rings. The summed E-state index contributed by atoms with van der Waals surface area (Å²) in [5, 5.41) is 9.60. The second-order valence-corrected chi connectivity index (χ2v) is 12.0. The Morgan fingerprint density at radius 2 is 1.75 bits per heavy atom. The molecule has 1 saturated carbocycles. The number of amides is 1. The van der Waals surface area contributed by atoms with Crippen LogP contribution in [0.2, 0.25) is 5.02 Å². The molecular weight excluding hydrogens is 568 g/mol. The van der Waals surface area contributed by atoms with Gasteiger partial charge in [0.15, 0.2) is 0 Å². The lowest BCUT2D eigenvalue weighted by molar-refractivity contribution is 0.0589. The predicted octanol–water partition coefficient (Wildman–Crippen LogP) is 8.28. The topological polar surface area (TPSA) is 56.6 Å². The number of benzene rings is 3. The molecular formula is C31H28Cl2FN3O2S. The van der Waals surface area contributed by atoms with E-state index in [1.165, 1.54) is 17.4 Å². The summed E-state index contributed by atoms with van der Waals surface area (Å²) < 4.78 is 22.7. The molecule has 40 heavy (non-hydrogen) atoms. The van der Waals surface area contributed by atoms with Crippen LogP contribution in [-0.2, 0) is 6.54 Å². The Labute approximate surface area is 247 Å². The van der Waals surface area contributed by atoms with Crippen molar-refractivity contribution in [1.82, 2.24) is 9.32 Å². The molecule has 0 aliphatic heterocycles. The lowest BCUT2D eigenvalue weighted by Gasteiger charge is -2.38. The third-order valence-electron chi connectivity index (χ3n) is 7.64. The molecule has 0 spiro atoms. The summed E-state index contributed by atoms with van der Waals surface area (Å²) >= 11 is 14.1. The molecule has 3 aromatic carbocycles. The van der Waals surface area contributed by atoms with Gasteiger partial charge < -0.3 is 9.64 Å². The first kappa shape index (κ1) is 28.4. The van der Waals surface area contributed by atoms with Crippen LogP contribution >= 0.6 is 34.7 Å². The highest BCUT2D eigenvalue weighted by Crippen LogP contribution is 2.40. The van der Waals surface area contributed by atoms with Gasteiger partial charge in [0.1, 0.15) is 16.4 Å². The highest BCUT2D eigenvalue weighted by molar-refractivity contribution is 7.21. The average Bonchev–Trinajstić information content (AvgIpc) is 3.32. The number of carbonyl (C=O) groups excluding carboxylic acids is 1. The molecule has 5 nitrogen and oxygen atoms in total. The van der Waals surface area contributed by atoms with Crippen molar-refractivity contribution in [3.63, 3.8) is 0 Å². The fourth-order valence-electron chi connectivity index (χ4n) is 5.43. The van der Waals surface area contributed by atoms with E-state index in [1.54, 1.807) is 35.8 Å². The zero-order chi connectivity index (χ0) is 28.4. The molecule has 0 N–H and O–H groups in total. The van der Waals surface area contributed by atoms with Crippen molar-refractivity contribution in [2.75, 3.05) is 14.2 Å². The van der Waals surface area contributed by atoms with Crippen LogP contribution in [0.4, 0.5) is 4.39 Å². The lowest BCUT2D eigenvalue weighted by atomic mass is 9.89. The number of halogens is 3. The lowest BCUT2D eigenvalue weighted by Crippen LogP contribution is -2.44. The summed E-state index contributed by atoms with van der Waals surface area (Å²) in [5.74, 6) is 0.00348. The van der Waals surface area contributed by atoms with Gasteiger partial charge in [-0.05, 0) is 85.0 Å². The van der Waals surface area contributed by atoms with Gasteiger partial charge in [-0.1, -0.05) is 35.9 Å². The summed E-state index contributed by atoms with van der Waals surface area (Å²) in [6.07, 6.45) is 3.27. The third kappa shape index (κ3) is 5.68. The minimum Gasteiger partial charge on any atom is -0.496 e. The number of rotatable bonds is 7. The van der Waals surface area contributed by atoms with Crippen LogP contribution in [0.25, 0.3) is 21.2 Å². The summed E-state index contributed by atoms with van der Waals surface area (Å²) in [4.78, 5) is 16.4. The number of carbonyl (C=O) groups is 1. The maximum Gasteiger partial charge on any atom is 0.266 e. The van der Waals surface area contributed by atoms with Gasteiger partial charge in [-0.15, -0.1) is 11.3 Å². The maximum absolute atomic E-state index is 14.6. The smallest absolute Gasteiger partial charge is 0.266 e. The first-order chi connectivity index (χ1) is 19.3. The molecule has 0 unspecified atom stereocenters. The van der Waals surface area contributed by atoms with Crippen molar-refractivity contribution in [3.8, 4) is 22.9 Å². The summed E-state index contributed by atoms with van der Waals surface area (Å²) in [6, 6.07) is 20.4. The van der Waals surface area contributed by atoms with E-state index in [2.05, 4.69) is 6.07 Å². The zero-order valence-corrected chi connectivity index (χ0v) is 24.5. The second-order valence-electron chi connectivity index (χ2n) is 9.99. The van der Waals surface area contributed by atoms with Crippen LogP contribution < -0.4 is 4.74 Å². The van der Waals surface area contributed by atoms with Crippen molar-refractivity contribution in [2.45, 2.75) is 44.3 Å². The van der Waals surface area contributed by atoms with Crippen molar-refractivity contribution < 1.29 is 13.9 Å². The number of ether oxygens (including phenoxy) is 1. The molecule has 1 aliphatic carbocycles. The minimum absolute atomic E-state index is 0.0465. The quantitative estimate of drug-likeness (QED) is 0.202. The monoisotopic (exact) mass is 595 g/mol. The molecule has 206 valence electrons. The molecule has 0 saturated heterocycles. The molecule has 1 amide bonds. The number of hydrogen-bond acceptors (Lipinski definition) is 5. The van der Waals surface area contributed by atoms with Crippen LogP contribution in [0.15, 0.2) is 60.7 Å². The number of hydrogen-bond donors (Lipinski definition) is 0. The van der Waals surface area contributed by atoms with Gasteiger partial charge in [0.05, 0.1) is 23.8 Å². The van der Waals surface area contributed by atoms with E-state index in [1.807, 2.05) is 42.3 Å². The predicted molar refractivity (Wildman–Crippen MR) is 159 cm³/mol. The normalized spacial score (nSPS) is 17.1. The first-order valence-electron chi connectivity index (χ1n) is 13.0. The first-order valence-corrected chi connectivity index (χ1v) is 14.6. The average molecular weight is 597 g/mol. The fourth-order valence-corrected chi connectivity index (χ4v) is 7.14. The Hall–Kier alpha value is -3.15.